The van der Waals surface area contributed by atoms with Gasteiger partial charge in [0.1, 0.15) is 0 Å². The first-order chi connectivity index (χ1) is 10.0. The zero-order valence-corrected chi connectivity index (χ0v) is 12.2. The number of nitrogens with zero attached hydrogens (tertiary/aromatic N) is 1. The Morgan fingerprint density at radius 2 is 1.90 bits per heavy atom. The molecule has 6 nitrogen and oxygen atoms in total. The normalized spacial score (nSPS) is 20.9. The van der Waals surface area contributed by atoms with Crippen LogP contribution in [0.2, 0.25) is 5.02 Å². The number of nitrogens with two attached hydrogens (primary N) is 1. The number of piperidine rings is 1. The van der Waals surface area contributed by atoms with E-state index in [0.29, 0.717) is 55.5 Å². The van der Waals surface area contributed by atoms with E-state index < -0.39 is 11.8 Å². The van der Waals surface area contributed by atoms with Gasteiger partial charge in [-0.05, 0) is 12.1 Å². The van der Waals surface area contributed by atoms with E-state index in [1.54, 1.807) is 6.07 Å². The van der Waals surface area contributed by atoms with E-state index in [1.165, 1.54) is 6.07 Å². The third-order valence-electron chi connectivity index (χ3n) is 3.97. The van der Waals surface area contributed by atoms with Crippen LogP contribution >= 0.6 is 11.6 Å². The first-order valence-corrected chi connectivity index (χ1v) is 7.24. The minimum Gasteiger partial charge on any atom is -0.478 e. The van der Waals surface area contributed by atoms with Crippen LogP contribution in [0.4, 0.5) is 11.4 Å². The summed E-state index contributed by atoms with van der Waals surface area (Å²) in [6.45, 7) is 2.49. The Kier molecular flexibility index (Phi) is 3.69. The molecular formula is C14H17ClN2O4. The van der Waals surface area contributed by atoms with Crippen molar-refractivity contribution in [2.45, 2.75) is 18.6 Å². The molecule has 21 heavy (non-hydrogen) atoms. The number of carboxylic acid groups (broad SMARTS) is 1. The van der Waals surface area contributed by atoms with Gasteiger partial charge in [-0.3, -0.25) is 0 Å². The van der Waals surface area contributed by atoms with Gasteiger partial charge in [-0.2, -0.15) is 0 Å². The molecule has 1 aromatic rings. The van der Waals surface area contributed by atoms with Crippen LogP contribution < -0.4 is 10.6 Å². The summed E-state index contributed by atoms with van der Waals surface area (Å²) in [5, 5.41) is 9.72. The standard InChI is InChI=1S/C14H17ClN2O4/c15-11-8-9(16)7-10(13(18)19)12(11)17-3-1-14(2-4-17)20-5-6-21-14/h7-8H,1-6,16H2,(H,18,19). The van der Waals surface area contributed by atoms with Crippen molar-refractivity contribution in [3.63, 3.8) is 0 Å². The molecule has 0 radical (unpaired) electrons. The number of carbonyl (C=O) groups is 1. The Balaban J connectivity index is 1.86. The summed E-state index contributed by atoms with van der Waals surface area (Å²) in [5.41, 5.74) is 6.68. The number of benzene rings is 1. The number of rotatable bonds is 2. The summed E-state index contributed by atoms with van der Waals surface area (Å²) >= 11 is 6.22. The number of hydrogen-bond donors (Lipinski definition) is 2. The molecule has 2 aliphatic heterocycles. The molecule has 114 valence electrons. The molecule has 0 aliphatic carbocycles. The second kappa shape index (κ2) is 5.36. The fourth-order valence-electron chi connectivity index (χ4n) is 2.96. The highest BCUT2D eigenvalue weighted by Crippen LogP contribution is 2.38. The summed E-state index contributed by atoms with van der Waals surface area (Å²) in [6.07, 6.45) is 1.37. The maximum absolute atomic E-state index is 11.4. The lowest BCUT2D eigenvalue weighted by Crippen LogP contribution is -2.45. The van der Waals surface area contributed by atoms with Crippen molar-refractivity contribution >= 4 is 28.9 Å². The van der Waals surface area contributed by atoms with Gasteiger partial charge in [0.15, 0.2) is 5.79 Å². The third-order valence-corrected chi connectivity index (χ3v) is 4.26. The lowest BCUT2D eigenvalue weighted by Gasteiger charge is -2.39. The van der Waals surface area contributed by atoms with Gasteiger partial charge in [0.05, 0.1) is 29.5 Å². The summed E-state index contributed by atoms with van der Waals surface area (Å²) in [6, 6.07) is 3.02. The molecule has 2 saturated heterocycles. The van der Waals surface area contributed by atoms with Crippen LogP contribution in [-0.2, 0) is 9.47 Å². The van der Waals surface area contributed by atoms with Crippen LogP contribution in [0.25, 0.3) is 0 Å². The zero-order valence-electron chi connectivity index (χ0n) is 11.5. The summed E-state index contributed by atoms with van der Waals surface area (Å²) < 4.78 is 11.3. The van der Waals surface area contributed by atoms with Crippen molar-refractivity contribution in [3.8, 4) is 0 Å². The second-order valence-corrected chi connectivity index (χ2v) is 5.71. The molecule has 0 bridgehead atoms. The zero-order chi connectivity index (χ0) is 15.0. The van der Waals surface area contributed by atoms with Crippen LogP contribution in [0, 0.1) is 0 Å². The highest BCUT2D eigenvalue weighted by Gasteiger charge is 2.40. The lowest BCUT2D eigenvalue weighted by molar-refractivity contribution is -0.169. The molecule has 1 spiro atoms. The minimum atomic E-state index is -1.03. The SMILES string of the molecule is Nc1cc(Cl)c(N2CCC3(CC2)OCCO3)c(C(=O)O)c1. The van der Waals surface area contributed by atoms with E-state index in [2.05, 4.69) is 0 Å². The second-order valence-electron chi connectivity index (χ2n) is 5.30. The van der Waals surface area contributed by atoms with Gasteiger partial charge in [0, 0.05) is 31.6 Å². The van der Waals surface area contributed by atoms with Crippen LogP contribution in [-0.4, -0.2) is 43.2 Å². The van der Waals surface area contributed by atoms with Crippen molar-refractivity contribution in [1.82, 2.24) is 0 Å². The molecule has 0 saturated carbocycles. The summed E-state index contributed by atoms with van der Waals surface area (Å²) in [5.74, 6) is -1.53. The molecule has 0 unspecified atom stereocenters. The van der Waals surface area contributed by atoms with Crippen molar-refractivity contribution in [3.05, 3.63) is 22.7 Å². The summed E-state index contributed by atoms with van der Waals surface area (Å²) in [7, 11) is 0. The molecule has 7 heteroatoms. The Morgan fingerprint density at radius 1 is 1.29 bits per heavy atom. The van der Waals surface area contributed by atoms with Crippen LogP contribution in [0.5, 0.6) is 0 Å². The maximum Gasteiger partial charge on any atom is 0.337 e. The Morgan fingerprint density at radius 3 is 2.48 bits per heavy atom. The van der Waals surface area contributed by atoms with Gasteiger partial charge in [-0.15, -0.1) is 0 Å². The maximum atomic E-state index is 11.4. The highest BCUT2D eigenvalue weighted by molar-refractivity contribution is 6.34. The number of halogens is 1. The molecule has 2 aliphatic rings. The largest absolute Gasteiger partial charge is 0.478 e. The van der Waals surface area contributed by atoms with Gasteiger partial charge in [-0.1, -0.05) is 11.6 Å². The molecular weight excluding hydrogens is 296 g/mol. The average molecular weight is 313 g/mol. The van der Waals surface area contributed by atoms with E-state index in [4.69, 9.17) is 26.8 Å². The quantitative estimate of drug-likeness (QED) is 0.812. The molecule has 0 aromatic heterocycles. The Hall–Kier alpha value is -1.50. The molecule has 1 aromatic carbocycles. The van der Waals surface area contributed by atoms with E-state index in [-0.39, 0.29) is 5.56 Å². The van der Waals surface area contributed by atoms with Gasteiger partial charge >= 0.3 is 5.97 Å². The van der Waals surface area contributed by atoms with E-state index in [9.17, 15) is 9.90 Å². The molecule has 3 rings (SSSR count). The van der Waals surface area contributed by atoms with E-state index in [1.807, 2.05) is 4.90 Å². The molecule has 2 heterocycles. The monoisotopic (exact) mass is 312 g/mol. The number of nitrogen functional groups attached to an aromatic ring is 1. The van der Waals surface area contributed by atoms with Crippen molar-refractivity contribution < 1.29 is 19.4 Å². The van der Waals surface area contributed by atoms with Gasteiger partial charge in [-0.25, -0.2) is 4.79 Å². The molecule has 0 atom stereocenters. The Labute approximate surface area is 127 Å². The number of ether oxygens (including phenoxy) is 2. The lowest BCUT2D eigenvalue weighted by atomic mass is 10.0. The fourth-order valence-corrected chi connectivity index (χ4v) is 3.31. The number of hydrogen-bond acceptors (Lipinski definition) is 5. The smallest absolute Gasteiger partial charge is 0.337 e. The number of carboxylic acids is 1. The minimum absolute atomic E-state index is 0.129. The highest BCUT2D eigenvalue weighted by atomic mass is 35.5. The van der Waals surface area contributed by atoms with Crippen LogP contribution in [0.15, 0.2) is 12.1 Å². The van der Waals surface area contributed by atoms with Crippen molar-refractivity contribution in [2.24, 2.45) is 0 Å². The van der Waals surface area contributed by atoms with Crippen LogP contribution in [0.1, 0.15) is 23.2 Å². The predicted molar refractivity (Wildman–Crippen MR) is 78.9 cm³/mol. The first kappa shape index (κ1) is 14.4. The molecule has 2 fully saturated rings. The fraction of sp³-hybridized carbons (Fsp3) is 0.500. The number of aromatic carboxylic acids is 1. The van der Waals surface area contributed by atoms with E-state index >= 15 is 0 Å². The molecule has 0 amide bonds. The number of anilines is 2. The third kappa shape index (κ3) is 2.66. The van der Waals surface area contributed by atoms with Gasteiger partial charge in [0.2, 0.25) is 0 Å². The average Bonchev–Trinajstić information content (AvgIpc) is 2.88. The Bertz CT molecular complexity index is 562. The topological polar surface area (TPSA) is 85.0 Å². The van der Waals surface area contributed by atoms with Crippen LogP contribution in [0.3, 0.4) is 0 Å². The van der Waals surface area contributed by atoms with Crippen molar-refractivity contribution in [2.75, 3.05) is 36.9 Å². The van der Waals surface area contributed by atoms with Gasteiger partial charge in [0.25, 0.3) is 0 Å². The predicted octanol–water partition coefficient (Wildman–Crippen LogP) is 1.96. The summed E-state index contributed by atoms with van der Waals surface area (Å²) in [4.78, 5) is 13.4. The van der Waals surface area contributed by atoms with Crippen molar-refractivity contribution in [1.29, 1.82) is 0 Å². The van der Waals surface area contributed by atoms with Gasteiger partial charge < -0.3 is 25.2 Å². The van der Waals surface area contributed by atoms with E-state index in [0.717, 1.165) is 0 Å². The first-order valence-electron chi connectivity index (χ1n) is 6.86. The molecule has 3 N–H and O–H groups in total.